The molecule has 0 spiro atoms. The van der Waals surface area contributed by atoms with Crippen molar-refractivity contribution < 1.29 is 22.7 Å². The first-order chi connectivity index (χ1) is 13.2. The van der Waals surface area contributed by atoms with Gasteiger partial charge < -0.3 is 15.8 Å². The predicted octanol–water partition coefficient (Wildman–Crippen LogP) is 3.73. The van der Waals surface area contributed by atoms with Crippen molar-refractivity contribution in [1.29, 1.82) is 0 Å². The molecular formula is C19H19ClF3N3O2. The van der Waals surface area contributed by atoms with Crippen LogP contribution in [0.1, 0.15) is 12.0 Å². The van der Waals surface area contributed by atoms with Crippen molar-refractivity contribution in [3.8, 4) is 0 Å². The zero-order valence-corrected chi connectivity index (χ0v) is 15.6. The van der Waals surface area contributed by atoms with E-state index in [1.807, 2.05) is 0 Å². The molecular weight excluding hydrogens is 395 g/mol. The van der Waals surface area contributed by atoms with Gasteiger partial charge in [-0.1, -0.05) is 23.7 Å². The second kappa shape index (κ2) is 7.98. The van der Waals surface area contributed by atoms with Gasteiger partial charge in [0.25, 0.3) is 0 Å². The van der Waals surface area contributed by atoms with E-state index < -0.39 is 11.8 Å². The van der Waals surface area contributed by atoms with E-state index in [2.05, 4.69) is 5.32 Å². The molecule has 0 saturated carbocycles. The summed E-state index contributed by atoms with van der Waals surface area (Å²) in [6.45, 7) is 0.737. The Morgan fingerprint density at radius 2 is 1.71 bits per heavy atom. The topological polar surface area (TPSA) is 67.6 Å². The van der Waals surface area contributed by atoms with E-state index in [1.54, 1.807) is 0 Å². The number of rotatable bonds is 5. The molecule has 1 aliphatic heterocycles. The molecule has 9 heteroatoms. The molecule has 1 atom stereocenters. The number of ether oxygens (including phenoxy) is 1. The van der Waals surface area contributed by atoms with Crippen LogP contribution >= 0.6 is 11.6 Å². The number of carbonyl (C=O) groups excluding carboxylic acids is 1. The van der Waals surface area contributed by atoms with Crippen LogP contribution in [0.15, 0.2) is 48.5 Å². The van der Waals surface area contributed by atoms with Crippen LogP contribution in [0.25, 0.3) is 0 Å². The molecule has 1 fully saturated rings. The number of halogens is 4. The molecule has 28 heavy (non-hydrogen) atoms. The summed E-state index contributed by atoms with van der Waals surface area (Å²) in [5, 5.41) is 3.05. The smallest absolute Gasteiger partial charge is 0.379 e. The quantitative estimate of drug-likeness (QED) is 0.733. The fourth-order valence-electron chi connectivity index (χ4n) is 2.91. The van der Waals surface area contributed by atoms with Gasteiger partial charge in [0.05, 0.1) is 6.61 Å². The van der Waals surface area contributed by atoms with E-state index in [1.165, 1.54) is 48.5 Å². The standard InChI is InChI=1S/C19H19ClF3N3O2/c20-14-3-7-16(8-4-14)26(19(21,22)23)15-5-1-13(2-6-15)11-25-17(27)18(24)9-10-28-12-18/h1-8H,9-12,24H2,(H,25,27)/t18-/m0/s1. The number of alkyl halides is 3. The maximum Gasteiger partial charge on any atom is 0.489 e. The number of carbonyl (C=O) groups is 1. The second-order valence-electron chi connectivity index (χ2n) is 6.59. The lowest BCUT2D eigenvalue weighted by Gasteiger charge is -2.27. The Bertz CT molecular complexity index is 820. The van der Waals surface area contributed by atoms with Gasteiger partial charge in [-0.15, -0.1) is 13.2 Å². The van der Waals surface area contributed by atoms with Crippen molar-refractivity contribution in [2.24, 2.45) is 5.73 Å². The average Bonchev–Trinajstić information content (AvgIpc) is 3.09. The van der Waals surface area contributed by atoms with Crippen molar-refractivity contribution in [3.63, 3.8) is 0 Å². The first-order valence-electron chi connectivity index (χ1n) is 8.55. The number of amides is 1. The molecule has 0 radical (unpaired) electrons. The summed E-state index contributed by atoms with van der Waals surface area (Å²) in [6, 6.07) is 11.1. The molecule has 0 unspecified atom stereocenters. The lowest BCUT2D eigenvalue weighted by molar-refractivity contribution is -0.126. The average molecular weight is 414 g/mol. The summed E-state index contributed by atoms with van der Waals surface area (Å²) in [5.41, 5.74) is 5.47. The van der Waals surface area contributed by atoms with Gasteiger partial charge in [-0.25, -0.2) is 0 Å². The number of benzene rings is 2. The summed E-state index contributed by atoms with van der Waals surface area (Å²) in [7, 11) is 0. The summed E-state index contributed by atoms with van der Waals surface area (Å²) in [6.07, 6.45) is -4.18. The molecule has 5 nitrogen and oxygen atoms in total. The van der Waals surface area contributed by atoms with Crippen LogP contribution < -0.4 is 16.0 Å². The lowest BCUT2D eigenvalue weighted by Crippen LogP contribution is -2.54. The van der Waals surface area contributed by atoms with Crippen molar-refractivity contribution in [2.45, 2.75) is 24.8 Å². The van der Waals surface area contributed by atoms with Gasteiger partial charge in [-0.05, 0) is 48.4 Å². The highest BCUT2D eigenvalue weighted by Gasteiger charge is 2.39. The molecule has 1 amide bonds. The number of nitrogens with two attached hydrogens (primary N) is 1. The molecule has 0 aliphatic carbocycles. The van der Waals surface area contributed by atoms with Crippen LogP contribution in [-0.4, -0.2) is 31.0 Å². The Labute approximate surface area is 165 Å². The van der Waals surface area contributed by atoms with E-state index in [-0.39, 0.29) is 35.3 Å². The van der Waals surface area contributed by atoms with Gasteiger partial charge in [0, 0.05) is 29.5 Å². The molecule has 150 valence electrons. The van der Waals surface area contributed by atoms with Crippen molar-refractivity contribution in [1.82, 2.24) is 5.32 Å². The lowest BCUT2D eigenvalue weighted by atomic mass is 9.99. The van der Waals surface area contributed by atoms with E-state index in [9.17, 15) is 18.0 Å². The van der Waals surface area contributed by atoms with E-state index in [0.717, 1.165) is 0 Å². The van der Waals surface area contributed by atoms with Crippen molar-refractivity contribution >= 4 is 28.9 Å². The summed E-state index contributed by atoms with van der Waals surface area (Å²) in [4.78, 5) is 12.4. The molecule has 1 aliphatic rings. The number of hydrogen-bond donors (Lipinski definition) is 2. The third kappa shape index (κ3) is 4.57. The number of nitrogens with zero attached hydrogens (tertiary/aromatic N) is 1. The van der Waals surface area contributed by atoms with E-state index >= 15 is 0 Å². The van der Waals surface area contributed by atoms with Crippen LogP contribution in [0, 0.1) is 0 Å². The predicted molar refractivity (Wildman–Crippen MR) is 100 cm³/mol. The van der Waals surface area contributed by atoms with Gasteiger partial charge in [0.1, 0.15) is 5.54 Å². The highest BCUT2D eigenvalue weighted by atomic mass is 35.5. The largest absolute Gasteiger partial charge is 0.489 e. The molecule has 1 saturated heterocycles. The number of anilines is 2. The molecule has 0 aromatic heterocycles. The minimum Gasteiger partial charge on any atom is -0.379 e. The normalized spacial score (nSPS) is 19.5. The SMILES string of the molecule is N[C@@]1(C(=O)NCc2ccc(N(c3ccc(Cl)cc3)C(F)(F)F)cc2)CCOC1. The summed E-state index contributed by atoms with van der Waals surface area (Å²) < 4.78 is 45.9. The first-order valence-corrected chi connectivity index (χ1v) is 8.93. The monoisotopic (exact) mass is 413 g/mol. The zero-order chi connectivity index (χ0) is 20.4. The molecule has 3 N–H and O–H groups in total. The molecule has 1 heterocycles. The van der Waals surface area contributed by atoms with Gasteiger partial charge in [-0.3, -0.25) is 9.69 Å². The first kappa shape index (κ1) is 20.4. The Morgan fingerprint density at radius 3 is 2.21 bits per heavy atom. The summed E-state index contributed by atoms with van der Waals surface area (Å²) in [5.74, 6) is -0.341. The molecule has 2 aromatic rings. The Morgan fingerprint density at radius 1 is 1.14 bits per heavy atom. The maximum absolute atomic E-state index is 13.6. The Kier molecular flexibility index (Phi) is 5.83. The number of nitrogens with one attached hydrogen (secondary N) is 1. The Balaban J connectivity index is 1.72. The molecule has 2 aromatic carbocycles. The number of hydrogen-bond acceptors (Lipinski definition) is 4. The maximum atomic E-state index is 13.6. The van der Waals surface area contributed by atoms with E-state index in [0.29, 0.717) is 23.6 Å². The van der Waals surface area contributed by atoms with Gasteiger partial charge in [0.15, 0.2) is 0 Å². The van der Waals surface area contributed by atoms with Crippen LogP contribution in [0.3, 0.4) is 0 Å². The van der Waals surface area contributed by atoms with Crippen LogP contribution in [0.5, 0.6) is 0 Å². The van der Waals surface area contributed by atoms with E-state index in [4.69, 9.17) is 22.1 Å². The molecule has 0 bridgehead atoms. The minimum absolute atomic E-state index is 0.0515. The van der Waals surface area contributed by atoms with Crippen LogP contribution in [-0.2, 0) is 16.1 Å². The van der Waals surface area contributed by atoms with Crippen molar-refractivity contribution in [3.05, 3.63) is 59.1 Å². The second-order valence-corrected chi connectivity index (χ2v) is 7.02. The minimum atomic E-state index is -4.61. The zero-order valence-electron chi connectivity index (χ0n) is 14.8. The van der Waals surface area contributed by atoms with Gasteiger partial charge in [-0.2, -0.15) is 0 Å². The third-order valence-corrected chi connectivity index (χ3v) is 4.74. The van der Waals surface area contributed by atoms with Crippen molar-refractivity contribution in [2.75, 3.05) is 18.1 Å². The van der Waals surface area contributed by atoms with Gasteiger partial charge >= 0.3 is 6.30 Å². The fourth-order valence-corrected chi connectivity index (χ4v) is 3.04. The fraction of sp³-hybridized carbons (Fsp3) is 0.316. The highest BCUT2D eigenvalue weighted by molar-refractivity contribution is 6.30. The van der Waals surface area contributed by atoms with Crippen LogP contribution in [0.4, 0.5) is 24.5 Å². The summed E-state index contributed by atoms with van der Waals surface area (Å²) >= 11 is 5.76. The van der Waals surface area contributed by atoms with Crippen LogP contribution in [0.2, 0.25) is 5.02 Å². The third-order valence-electron chi connectivity index (χ3n) is 4.49. The molecule has 3 rings (SSSR count). The van der Waals surface area contributed by atoms with Gasteiger partial charge in [0.2, 0.25) is 5.91 Å². The highest BCUT2D eigenvalue weighted by Crippen LogP contribution is 2.36. The Hall–Kier alpha value is -2.29.